The van der Waals surface area contributed by atoms with E-state index >= 15 is 0 Å². The van der Waals surface area contributed by atoms with Crippen LogP contribution in [-0.4, -0.2) is 29.8 Å². The van der Waals surface area contributed by atoms with Crippen molar-refractivity contribution >= 4 is 9.84 Å². The van der Waals surface area contributed by atoms with E-state index in [1.165, 1.54) is 0 Å². The molecule has 0 spiro atoms. The molecule has 0 aliphatic carbocycles. The SMILES string of the molecule is C[C@H](CS(=O)(=O)c1ccccc1)N[C@H](Cc1nccn1C)c1ccccc1. The fourth-order valence-electron chi connectivity index (χ4n) is 3.18. The number of aryl methyl sites for hydroxylation is 1. The maximum Gasteiger partial charge on any atom is 0.179 e. The van der Waals surface area contributed by atoms with Crippen molar-refractivity contribution in [2.75, 3.05) is 5.75 Å². The molecule has 0 radical (unpaired) electrons. The van der Waals surface area contributed by atoms with E-state index in [1.54, 1.807) is 30.5 Å². The van der Waals surface area contributed by atoms with Gasteiger partial charge in [-0.3, -0.25) is 0 Å². The Kier molecular flexibility index (Phi) is 6.08. The van der Waals surface area contributed by atoms with Crippen molar-refractivity contribution < 1.29 is 8.42 Å². The van der Waals surface area contributed by atoms with Gasteiger partial charge in [-0.05, 0) is 24.6 Å². The van der Waals surface area contributed by atoms with Gasteiger partial charge < -0.3 is 9.88 Å². The van der Waals surface area contributed by atoms with E-state index in [0.29, 0.717) is 11.3 Å². The lowest BCUT2D eigenvalue weighted by Gasteiger charge is -2.24. The fourth-order valence-corrected chi connectivity index (χ4v) is 4.70. The molecular formula is C21H25N3O2S. The average molecular weight is 384 g/mol. The van der Waals surface area contributed by atoms with Gasteiger partial charge >= 0.3 is 0 Å². The molecule has 0 aliphatic heterocycles. The molecule has 0 amide bonds. The number of hydrogen-bond donors (Lipinski definition) is 1. The molecule has 0 saturated carbocycles. The molecule has 0 bridgehead atoms. The van der Waals surface area contributed by atoms with Crippen molar-refractivity contribution in [2.24, 2.45) is 7.05 Å². The van der Waals surface area contributed by atoms with Gasteiger partial charge in [-0.2, -0.15) is 0 Å². The molecule has 5 nitrogen and oxygen atoms in total. The van der Waals surface area contributed by atoms with E-state index in [1.807, 2.05) is 49.0 Å². The molecule has 0 saturated heterocycles. The summed E-state index contributed by atoms with van der Waals surface area (Å²) in [5, 5.41) is 3.49. The van der Waals surface area contributed by atoms with Crippen LogP contribution in [0.1, 0.15) is 24.4 Å². The fraction of sp³-hybridized carbons (Fsp3) is 0.286. The molecule has 0 aliphatic rings. The molecule has 1 N–H and O–H groups in total. The van der Waals surface area contributed by atoms with Gasteiger partial charge in [0.05, 0.1) is 10.6 Å². The van der Waals surface area contributed by atoms with Crippen LogP contribution in [0.4, 0.5) is 0 Å². The first-order valence-electron chi connectivity index (χ1n) is 9.01. The second-order valence-electron chi connectivity index (χ2n) is 6.78. The Morgan fingerprint density at radius 2 is 1.67 bits per heavy atom. The Labute approximate surface area is 161 Å². The topological polar surface area (TPSA) is 64.0 Å². The van der Waals surface area contributed by atoms with Crippen molar-refractivity contribution in [3.8, 4) is 0 Å². The quantitative estimate of drug-likeness (QED) is 0.649. The van der Waals surface area contributed by atoms with Crippen LogP contribution in [0.15, 0.2) is 78.0 Å². The molecular weight excluding hydrogens is 358 g/mol. The lowest BCUT2D eigenvalue weighted by molar-refractivity contribution is 0.460. The Bertz CT molecular complexity index is 953. The first-order valence-corrected chi connectivity index (χ1v) is 10.7. The summed E-state index contributed by atoms with van der Waals surface area (Å²) in [7, 11) is -1.37. The summed E-state index contributed by atoms with van der Waals surface area (Å²) in [5.41, 5.74) is 1.12. The number of imidazole rings is 1. The highest BCUT2D eigenvalue weighted by molar-refractivity contribution is 7.91. The summed E-state index contributed by atoms with van der Waals surface area (Å²) in [6.07, 6.45) is 4.38. The van der Waals surface area contributed by atoms with E-state index in [9.17, 15) is 8.42 Å². The minimum atomic E-state index is -3.34. The summed E-state index contributed by atoms with van der Waals surface area (Å²) >= 11 is 0. The molecule has 0 unspecified atom stereocenters. The van der Waals surface area contributed by atoms with Crippen molar-refractivity contribution in [1.82, 2.24) is 14.9 Å². The van der Waals surface area contributed by atoms with E-state index in [-0.39, 0.29) is 17.8 Å². The third-order valence-corrected chi connectivity index (χ3v) is 6.50. The van der Waals surface area contributed by atoms with Gasteiger partial charge in [-0.15, -0.1) is 0 Å². The molecule has 27 heavy (non-hydrogen) atoms. The maximum atomic E-state index is 12.7. The largest absolute Gasteiger partial charge is 0.338 e. The van der Waals surface area contributed by atoms with Gasteiger partial charge in [0.1, 0.15) is 5.82 Å². The van der Waals surface area contributed by atoms with E-state index < -0.39 is 9.84 Å². The van der Waals surface area contributed by atoms with Gasteiger partial charge in [0.2, 0.25) is 0 Å². The molecule has 3 rings (SSSR count). The molecule has 142 valence electrons. The highest BCUT2D eigenvalue weighted by atomic mass is 32.2. The number of rotatable bonds is 8. The second kappa shape index (κ2) is 8.50. The highest BCUT2D eigenvalue weighted by Crippen LogP contribution is 2.19. The van der Waals surface area contributed by atoms with Crippen LogP contribution in [0.2, 0.25) is 0 Å². The number of aromatic nitrogens is 2. The van der Waals surface area contributed by atoms with Gasteiger partial charge in [0.25, 0.3) is 0 Å². The zero-order valence-electron chi connectivity index (χ0n) is 15.6. The Morgan fingerprint density at radius 1 is 1.04 bits per heavy atom. The number of nitrogens with one attached hydrogen (secondary N) is 1. The summed E-state index contributed by atoms with van der Waals surface area (Å²) in [4.78, 5) is 4.78. The van der Waals surface area contributed by atoms with Gasteiger partial charge in [-0.25, -0.2) is 13.4 Å². The number of hydrogen-bond acceptors (Lipinski definition) is 4. The van der Waals surface area contributed by atoms with Crippen molar-refractivity contribution in [3.05, 3.63) is 84.4 Å². The van der Waals surface area contributed by atoms with Crippen LogP contribution >= 0.6 is 0 Å². The third kappa shape index (κ3) is 5.05. The van der Waals surface area contributed by atoms with Crippen LogP contribution in [0, 0.1) is 0 Å². The van der Waals surface area contributed by atoms with E-state index in [4.69, 9.17) is 0 Å². The standard InChI is InChI=1S/C21H25N3O2S/c1-17(16-27(25,26)19-11-7-4-8-12-19)23-20(18-9-5-3-6-10-18)15-21-22-13-14-24(21)2/h3-14,17,20,23H,15-16H2,1-2H3/t17-,20-/m1/s1. The Hall–Kier alpha value is -2.44. The molecule has 0 fully saturated rings. The van der Waals surface area contributed by atoms with Crippen LogP contribution in [0.3, 0.4) is 0 Å². The second-order valence-corrected chi connectivity index (χ2v) is 8.82. The average Bonchev–Trinajstić information content (AvgIpc) is 3.07. The van der Waals surface area contributed by atoms with Crippen molar-refractivity contribution in [3.63, 3.8) is 0 Å². The van der Waals surface area contributed by atoms with Crippen molar-refractivity contribution in [2.45, 2.75) is 30.3 Å². The van der Waals surface area contributed by atoms with Crippen molar-refractivity contribution in [1.29, 1.82) is 0 Å². The van der Waals surface area contributed by atoms with Crippen LogP contribution < -0.4 is 5.32 Å². The lowest BCUT2D eigenvalue weighted by atomic mass is 10.0. The molecule has 6 heteroatoms. The zero-order valence-corrected chi connectivity index (χ0v) is 16.4. The lowest BCUT2D eigenvalue weighted by Crippen LogP contribution is -2.37. The van der Waals surface area contributed by atoms with E-state index in [0.717, 1.165) is 11.4 Å². The molecule has 2 aromatic carbocycles. The summed E-state index contributed by atoms with van der Waals surface area (Å²) < 4.78 is 27.3. The van der Waals surface area contributed by atoms with Gasteiger partial charge in [-0.1, -0.05) is 48.5 Å². The minimum Gasteiger partial charge on any atom is -0.338 e. The predicted octanol–water partition coefficient (Wildman–Crippen LogP) is 3.16. The Morgan fingerprint density at radius 3 is 2.26 bits per heavy atom. The van der Waals surface area contributed by atoms with Crippen LogP contribution in [0.5, 0.6) is 0 Å². The normalized spacial score (nSPS) is 14.0. The number of benzene rings is 2. The van der Waals surface area contributed by atoms with Gasteiger partial charge in [0, 0.05) is 37.9 Å². The molecule has 3 aromatic rings. The Balaban J connectivity index is 1.76. The smallest absolute Gasteiger partial charge is 0.179 e. The number of sulfone groups is 1. The van der Waals surface area contributed by atoms with Crippen LogP contribution in [0.25, 0.3) is 0 Å². The summed E-state index contributed by atoms with van der Waals surface area (Å²) in [6, 6.07) is 18.4. The first-order chi connectivity index (χ1) is 13.0. The molecule has 2 atom stereocenters. The predicted molar refractivity (Wildman–Crippen MR) is 107 cm³/mol. The summed E-state index contributed by atoms with van der Waals surface area (Å²) in [5.74, 6) is 0.996. The number of nitrogens with zero attached hydrogens (tertiary/aromatic N) is 2. The minimum absolute atomic E-state index is 0.0201. The monoisotopic (exact) mass is 383 g/mol. The zero-order chi connectivity index (χ0) is 19.3. The molecule has 1 aromatic heterocycles. The molecule has 1 heterocycles. The van der Waals surface area contributed by atoms with Crippen LogP contribution in [-0.2, 0) is 23.3 Å². The maximum absolute atomic E-state index is 12.7. The summed E-state index contributed by atoms with van der Waals surface area (Å²) in [6.45, 7) is 1.91. The third-order valence-electron chi connectivity index (χ3n) is 4.57. The van der Waals surface area contributed by atoms with E-state index in [2.05, 4.69) is 22.4 Å². The van der Waals surface area contributed by atoms with Gasteiger partial charge in [0.15, 0.2) is 9.84 Å². The highest BCUT2D eigenvalue weighted by Gasteiger charge is 2.22. The first kappa shape index (κ1) is 19.3.